The van der Waals surface area contributed by atoms with Crippen LogP contribution in [0.4, 0.5) is 0 Å². The van der Waals surface area contributed by atoms with Crippen LogP contribution >= 0.6 is 12.4 Å². The minimum Gasteiger partial charge on any atom is -1.00 e. The molecule has 0 aliphatic rings. The van der Waals surface area contributed by atoms with E-state index >= 15 is 0 Å². The predicted molar refractivity (Wildman–Crippen MR) is 29.5 cm³/mol. The summed E-state index contributed by atoms with van der Waals surface area (Å²) >= 11 is 0. The minimum absolute atomic E-state index is 0. The molecule has 0 rings (SSSR count). The summed E-state index contributed by atoms with van der Waals surface area (Å²) in [7, 11) is 0. The number of hydrogen-bond donors (Lipinski definition) is 1. The van der Waals surface area contributed by atoms with Gasteiger partial charge in [-0.3, -0.25) is 0 Å². The molecule has 0 aromatic rings. The van der Waals surface area contributed by atoms with Gasteiger partial charge in [0.25, 0.3) is 0 Å². The molecule has 7 heteroatoms. The summed E-state index contributed by atoms with van der Waals surface area (Å²) < 4.78 is 0. The second kappa shape index (κ2) is 95.1. The zero-order valence-corrected chi connectivity index (χ0v) is 10.5. The Balaban J connectivity index is 0. The first-order valence-corrected chi connectivity index (χ1v) is 0. The van der Waals surface area contributed by atoms with Gasteiger partial charge in [0, 0.05) is 53.0 Å². The van der Waals surface area contributed by atoms with Crippen LogP contribution < -0.4 is 35.7 Å². The molecule has 0 aliphatic carbocycles. The molecule has 0 fully saturated rings. The van der Waals surface area contributed by atoms with E-state index in [-0.39, 0.29) is 115 Å². The zero-order valence-electron chi connectivity index (χ0n) is 4.99. The molecule has 0 spiro atoms. The van der Waals surface area contributed by atoms with E-state index in [9.17, 15) is 0 Å². The number of hydrogen-bond acceptors (Lipinski definition) is 1. The maximum Gasteiger partial charge on any atom is 1.00 e. The molecule has 50 valence electrons. The van der Waals surface area contributed by atoms with Gasteiger partial charge in [0.1, 0.15) is 0 Å². The first kappa shape index (κ1) is 130. The van der Waals surface area contributed by atoms with Gasteiger partial charge in [0.05, 0.1) is 0 Å². The van der Waals surface area contributed by atoms with Crippen LogP contribution in [0.2, 0.25) is 0 Å². The van der Waals surface area contributed by atoms with E-state index in [2.05, 4.69) is 0 Å². The second-order valence-electron chi connectivity index (χ2n) is 0. The maximum absolute atomic E-state index is 0. The topological polar surface area (TPSA) is 66.5 Å². The standard InChI is InChI=1S/CH4.Al.ClH.Fe.H3N.Na.H2O.V.H/h1H4;;1H;;1H3;;1H2;;/q;;;;;+1;;;-1. The molecule has 8 heavy (non-hydrogen) atoms. The molecule has 0 aromatic heterocycles. The van der Waals surface area contributed by atoms with Crippen LogP contribution in [-0.2, 0) is 35.6 Å². The maximum atomic E-state index is 0. The molecular weight excluding hydrogens is 234 g/mol. The van der Waals surface area contributed by atoms with Crippen molar-refractivity contribution in [1.82, 2.24) is 6.15 Å². The van der Waals surface area contributed by atoms with Crippen molar-refractivity contribution < 1.29 is 72.1 Å². The average molecular weight is 245 g/mol. The molecule has 0 amide bonds. The Morgan fingerprint density at radius 1 is 1.12 bits per heavy atom. The largest absolute Gasteiger partial charge is 1.00 e. The van der Waals surface area contributed by atoms with Crippen molar-refractivity contribution in [2.45, 2.75) is 7.43 Å². The summed E-state index contributed by atoms with van der Waals surface area (Å²) in [5.74, 6) is 0. The number of rotatable bonds is 0. The fourth-order valence-electron chi connectivity index (χ4n) is 0. The van der Waals surface area contributed by atoms with E-state index in [0.717, 1.165) is 0 Å². The third kappa shape index (κ3) is 67.2. The van der Waals surface area contributed by atoms with E-state index in [0.29, 0.717) is 0 Å². The minimum atomic E-state index is 0. The fraction of sp³-hybridized carbons (Fsp3) is 1.00. The molecule has 0 heterocycles. The average Bonchev–Trinajstić information content (AvgIpc) is 0. The SMILES string of the molecule is C.Cl.N.O.[Al].[Fe].[H-].[Na+].[V]. The summed E-state index contributed by atoms with van der Waals surface area (Å²) in [6.07, 6.45) is 0. The van der Waals surface area contributed by atoms with Crippen LogP contribution in [0.15, 0.2) is 0 Å². The van der Waals surface area contributed by atoms with Gasteiger partial charge in [-0.15, -0.1) is 12.4 Å². The number of halogens is 1. The van der Waals surface area contributed by atoms with Gasteiger partial charge < -0.3 is 13.1 Å². The third-order valence-corrected chi connectivity index (χ3v) is 0. The molecule has 4 radical (unpaired) electrons. The van der Waals surface area contributed by atoms with Crippen molar-refractivity contribution in [3.05, 3.63) is 0 Å². The molecule has 0 aliphatic heterocycles. The van der Waals surface area contributed by atoms with Gasteiger partial charge in [-0.05, 0) is 0 Å². The van der Waals surface area contributed by atoms with E-state index in [4.69, 9.17) is 0 Å². The summed E-state index contributed by atoms with van der Waals surface area (Å²) in [6, 6.07) is 0. The summed E-state index contributed by atoms with van der Waals surface area (Å²) in [5.41, 5.74) is 0. The summed E-state index contributed by atoms with van der Waals surface area (Å²) in [5, 5.41) is 0. The van der Waals surface area contributed by atoms with Crippen molar-refractivity contribution in [1.29, 1.82) is 0 Å². The Morgan fingerprint density at radius 2 is 1.12 bits per heavy atom. The fourth-order valence-corrected chi connectivity index (χ4v) is 0. The van der Waals surface area contributed by atoms with E-state index in [1.165, 1.54) is 0 Å². The molecule has 0 unspecified atom stereocenters. The van der Waals surface area contributed by atoms with Crippen molar-refractivity contribution in [2.24, 2.45) is 0 Å². The second-order valence-corrected chi connectivity index (χ2v) is 0. The zero-order chi connectivity index (χ0) is 0. The Morgan fingerprint density at radius 3 is 1.12 bits per heavy atom. The van der Waals surface area contributed by atoms with Crippen LogP contribution in [0, 0.1) is 0 Å². The molecule has 2 nitrogen and oxygen atoms in total. The monoisotopic (exact) mass is 245 g/mol. The third-order valence-electron chi connectivity index (χ3n) is 0. The normalized spacial score (nSPS) is 0. The Kier molecular flexibility index (Phi) is 1540. The molecule has 5 N–H and O–H groups in total. The Bertz CT molecular complexity index is 28.5. The van der Waals surface area contributed by atoms with E-state index in [1.807, 2.05) is 0 Å². The van der Waals surface area contributed by atoms with Crippen molar-refractivity contribution in [2.75, 3.05) is 0 Å². The van der Waals surface area contributed by atoms with Crippen LogP contribution in [0.3, 0.4) is 0 Å². The van der Waals surface area contributed by atoms with Crippen molar-refractivity contribution in [3.63, 3.8) is 0 Å². The van der Waals surface area contributed by atoms with Crippen LogP contribution in [0.25, 0.3) is 0 Å². The summed E-state index contributed by atoms with van der Waals surface area (Å²) in [6.45, 7) is 0. The molecular formula is CH11AlClFeNNaOV. The van der Waals surface area contributed by atoms with E-state index < -0.39 is 0 Å². The van der Waals surface area contributed by atoms with Crippen molar-refractivity contribution >= 4 is 29.8 Å². The predicted octanol–water partition coefficient (Wildman–Crippen LogP) is -2.87. The summed E-state index contributed by atoms with van der Waals surface area (Å²) in [4.78, 5) is 0. The van der Waals surface area contributed by atoms with Gasteiger partial charge in [-0.1, -0.05) is 7.43 Å². The molecule has 0 atom stereocenters. The van der Waals surface area contributed by atoms with Crippen LogP contribution in [0.5, 0.6) is 0 Å². The van der Waals surface area contributed by atoms with Gasteiger partial charge in [0.2, 0.25) is 0 Å². The van der Waals surface area contributed by atoms with Gasteiger partial charge in [0.15, 0.2) is 0 Å². The molecule has 0 saturated carbocycles. The first-order valence-electron chi connectivity index (χ1n) is 0. The Hall–Kier alpha value is 2.85. The molecule has 0 saturated heterocycles. The van der Waals surface area contributed by atoms with E-state index in [1.54, 1.807) is 0 Å². The van der Waals surface area contributed by atoms with Crippen molar-refractivity contribution in [3.8, 4) is 0 Å². The van der Waals surface area contributed by atoms with Crippen LogP contribution in [-0.4, -0.2) is 22.8 Å². The Labute approximate surface area is 114 Å². The first-order chi connectivity index (χ1) is 0. The molecule has 0 aromatic carbocycles. The molecule has 0 bridgehead atoms. The van der Waals surface area contributed by atoms with Crippen LogP contribution in [0.1, 0.15) is 8.85 Å². The smallest absolute Gasteiger partial charge is 1.00 e. The van der Waals surface area contributed by atoms with Gasteiger partial charge in [-0.25, -0.2) is 0 Å². The van der Waals surface area contributed by atoms with Gasteiger partial charge in [-0.2, -0.15) is 0 Å². The van der Waals surface area contributed by atoms with Gasteiger partial charge >= 0.3 is 29.6 Å². The quantitative estimate of drug-likeness (QED) is 0.458.